The van der Waals surface area contributed by atoms with E-state index in [-0.39, 0.29) is 17.3 Å². The normalized spacial score (nSPS) is 16.1. The van der Waals surface area contributed by atoms with Crippen molar-refractivity contribution in [1.29, 1.82) is 0 Å². The van der Waals surface area contributed by atoms with Crippen molar-refractivity contribution in [2.75, 3.05) is 88.4 Å². The Hall–Kier alpha value is -3.80. The summed E-state index contributed by atoms with van der Waals surface area (Å²) < 4.78 is 18.9. The molecule has 2 heterocycles. The van der Waals surface area contributed by atoms with E-state index in [0.29, 0.717) is 29.7 Å². The maximum Gasteiger partial charge on any atom is 0.311 e. The summed E-state index contributed by atoms with van der Waals surface area (Å²) in [6.07, 6.45) is 0.726. The number of nitro benzene ring substituents is 1. The van der Waals surface area contributed by atoms with Gasteiger partial charge in [-0.15, -0.1) is 0 Å². The van der Waals surface area contributed by atoms with E-state index < -0.39 is 4.92 Å². The Morgan fingerprint density at radius 3 is 2.28 bits per heavy atom. The molecule has 0 aromatic heterocycles. The van der Waals surface area contributed by atoms with Crippen LogP contribution in [0.1, 0.15) is 12.5 Å². The Balaban J connectivity index is 1.19. The molecule has 13 heteroatoms. The van der Waals surface area contributed by atoms with Crippen molar-refractivity contribution < 1.29 is 14.1 Å². The SMILES string of the molecule is CCOc1cc(N2CCN(C(=NCCN3CCN(c4ccc(F)cc4)CC3)NCCc3ccc(Cl)cc3Cl)CC2)ccc1[N+](=O)[O-]. The fourth-order valence-corrected chi connectivity index (χ4v) is 6.28. The lowest BCUT2D eigenvalue weighted by Crippen LogP contribution is -2.53. The summed E-state index contributed by atoms with van der Waals surface area (Å²) >= 11 is 12.5. The number of hydrogen-bond acceptors (Lipinski definition) is 7. The van der Waals surface area contributed by atoms with E-state index in [1.165, 1.54) is 18.2 Å². The average Bonchev–Trinajstić information content (AvgIpc) is 3.06. The van der Waals surface area contributed by atoms with Gasteiger partial charge in [0.1, 0.15) is 5.82 Å². The van der Waals surface area contributed by atoms with Gasteiger partial charge < -0.3 is 24.8 Å². The Kier molecular flexibility index (Phi) is 11.8. The number of hydrogen-bond donors (Lipinski definition) is 1. The van der Waals surface area contributed by atoms with Crippen LogP contribution in [0.15, 0.2) is 65.7 Å². The molecule has 46 heavy (non-hydrogen) atoms. The number of guanidine groups is 1. The number of ether oxygens (including phenoxy) is 1. The Morgan fingerprint density at radius 1 is 0.935 bits per heavy atom. The summed E-state index contributed by atoms with van der Waals surface area (Å²) in [5, 5.41) is 16.3. The number of benzene rings is 3. The first-order valence-corrected chi connectivity index (χ1v) is 16.4. The summed E-state index contributed by atoms with van der Waals surface area (Å²) in [5.41, 5.74) is 2.94. The average molecular weight is 673 g/mol. The van der Waals surface area contributed by atoms with E-state index in [4.69, 9.17) is 32.9 Å². The quantitative estimate of drug-likeness (QED) is 0.123. The van der Waals surface area contributed by atoms with E-state index in [0.717, 1.165) is 88.2 Å². The number of nitro groups is 1. The number of aliphatic imine (C=N–C) groups is 1. The third-order valence-corrected chi connectivity index (χ3v) is 8.91. The van der Waals surface area contributed by atoms with Gasteiger partial charge in [0, 0.05) is 99.0 Å². The zero-order valence-electron chi connectivity index (χ0n) is 26.0. The molecule has 2 saturated heterocycles. The molecule has 1 N–H and O–H groups in total. The van der Waals surface area contributed by atoms with Crippen molar-refractivity contribution in [3.63, 3.8) is 0 Å². The summed E-state index contributed by atoms with van der Waals surface area (Å²) in [5.74, 6) is 0.925. The molecule has 0 radical (unpaired) electrons. The number of halogens is 3. The Labute approximate surface area is 279 Å². The first-order valence-electron chi connectivity index (χ1n) is 15.7. The summed E-state index contributed by atoms with van der Waals surface area (Å²) in [6.45, 7) is 10.9. The molecule has 5 rings (SSSR count). The van der Waals surface area contributed by atoms with E-state index in [1.807, 2.05) is 31.2 Å². The highest BCUT2D eigenvalue weighted by atomic mass is 35.5. The molecule has 0 bridgehead atoms. The largest absolute Gasteiger partial charge is 0.487 e. The molecule has 0 aliphatic carbocycles. The zero-order valence-corrected chi connectivity index (χ0v) is 27.5. The molecule has 2 aliphatic heterocycles. The number of rotatable bonds is 11. The van der Waals surface area contributed by atoms with Crippen molar-refractivity contribution in [3.05, 3.63) is 92.2 Å². The van der Waals surface area contributed by atoms with Crippen molar-refractivity contribution >= 4 is 46.2 Å². The third-order valence-electron chi connectivity index (χ3n) is 8.32. The van der Waals surface area contributed by atoms with Gasteiger partial charge in [-0.3, -0.25) is 20.0 Å². The Morgan fingerprint density at radius 2 is 1.61 bits per heavy atom. The molecule has 246 valence electrons. The first-order chi connectivity index (χ1) is 22.3. The molecule has 0 atom stereocenters. The summed E-state index contributed by atoms with van der Waals surface area (Å²) in [6, 6.07) is 17.3. The molecule has 3 aromatic rings. The van der Waals surface area contributed by atoms with Crippen LogP contribution < -0.4 is 19.9 Å². The highest BCUT2D eigenvalue weighted by Gasteiger charge is 2.23. The molecule has 0 amide bonds. The molecule has 10 nitrogen and oxygen atoms in total. The van der Waals surface area contributed by atoms with Crippen molar-refractivity contribution in [3.8, 4) is 5.75 Å². The number of nitrogens with zero attached hydrogens (tertiary/aromatic N) is 6. The van der Waals surface area contributed by atoms with Gasteiger partial charge in [-0.1, -0.05) is 29.3 Å². The number of piperazine rings is 2. The minimum atomic E-state index is -0.413. The summed E-state index contributed by atoms with van der Waals surface area (Å²) in [4.78, 5) is 25.2. The highest BCUT2D eigenvalue weighted by molar-refractivity contribution is 6.35. The van der Waals surface area contributed by atoms with Crippen LogP contribution in [0.5, 0.6) is 5.75 Å². The molecule has 0 unspecified atom stereocenters. The van der Waals surface area contributed by atoms with Gasteiger partial charge in [-0.25, -0.2) is 4.39 Å². The second-order valence-electron chi connectivity index (χ2n) is 11.2. The predicted octanol–water partition coefficient (Wildman–Crippen LogP) is 5.57. The van der Waals surface area contributed by atoms with E-state index in [9.17, 15) is 14.5 Å². The second-order valence-corrected chi connectivity index (χ2v) is 12.1. The minimum Gasteiger partial charge on any atom is -0.487 e. The van der Waals surface area contributed by atoms with Crippen LogP contribution >= 0.6 is 23.2 Å². The third kappa shape index (κ3) is 8.92. The lowest BCUT2D eigenvalue weighted by atomic mass is 10.1. The predicted molar refractivity (Wildman–Crippen MR) is 184 cm³/mol. The fraction of sp³-hybridized carbons (Fsp3) is 0.424. The van der Waals surface area contributed by atoms with E-state index in [2.05, 4.69) is 24.9 Å². The first kappa shape index (κ1) is 33.6. The summed E-state index contributed by atoms with van der Waals surface area (Å²) in [7, 11) is 0. The Bertz CT molecular complexity index is 1500. The van der Waals surface area contributed by atoms with Crippen molar-refractivity contribution in [1.82, 2.24) is 15.1 Å². The molecular formula is C33H40Cl2FN7O3. The standard InChI is InChI=1S/C33H40Cl2FN7O3/c1-2-46-32-24-29(9-10-31(32)43(44)45)41-19-21-42(22-20-41)33(37-12-11-25-3-4-26(34)23-30(25)35)38-13-14-39-15-17-40(18-16-39)28-7-5-27(36)6-8-28/h3-10,23-24H,2,11-22H2,1H3,(H,37,38). The van der Waals surface area contributed by atoms with Gasteiger partial charge in [0.25, 0.3) is 0 Å². The van der Waals surface area contributed by atoms with Gasteiger partial charge in [-0.05, 0) is 61.4 Å². The minimum absolute atomic E-state index is 0.0273. The van der Waals surface area contributed by atoms with Crippen LogP contribution in [0, 0.1) is 15.9 Å². The van der Waals surface area contributed by atoms with Gasteiger partial charge in [-0.2, -0.15) is 0 Å². The van der Waals surface area contributed by atoms with Crippen LogP contribution in [0.4, 0.5) is 21.5 Å². The highest BCUT2D eigenvalue weighted by Crippen LogP contribution is 2.32. The van der Waals surface area contributed by atoms with Crippen LogP contribution in [-0.4, -0.2) is 99.3 Å². The molecule has 0 saturated carbocycles. The van der Waals surface area contributed by atoms with E-state index >= 15 is 0 Å². The van der Waals surface area contributed by atoms with E-state index in [1.54, 1.807) is 18.2 Å². The molecular weight excluding hydrogens is 632 g/mol. The second kappa shape index (κ2) is 16.2. The molecule has 2 aliphatic rings. The topological polar surface area (TPSA) is 89.7 Å². The van der Waals surface area contributed by atoms with Crippen LogP contribution in [0.2, 0.25) is 10.0 Å². The van der Waals surface area contributed by atoms with Gasteiger partial charge >= 0.3 is 5.69 Å². The smallest absolute Gasteiger partial charge is 0.311 e. The van der Waals surface area contributed by atoms with Crippen LogP contribution in [-0.2, 0) is 6.42 Å². The lowest BCUT2D eigenvalue weighted by Gasteiger charge is -2.38. The van der Waals surface area contributed by atoms with Crippen molar-refractivity contribution in [2.45, 2.75) is 13.3 Å². The molecule has 2 fully saturated rings. The fourth-order valence-electron chi connectivity index (χ4n) is 5.78. The maximum absolute atomic E-state index is 13.3. The van der Waals surface area contributed by atoms with Crippen LogP contribution in [0.3, 0.4) is 0 Å². The van der Waals surface area contributed by atoms with Gasteiger partial charge in [0.05, 0.1) is 18.1 Å². The van der Waals surface area contributed by atoms with Gasteiger partial charge in [0.15, 0.2) is 11.7 Å². The van der Waals surface area contributed by atoms with Crippen LogP contribution in [0.25, 0.3) is 0 Å². The molecule has 0 spiro atoms. The maximum atomic E-state index is 13.3. The van der Waals surface area contributed by atoms with Gasteiger partial charge in [0.2, 0.25) is 0 Å². The monoisotopic (exact) mass is 671 g/mol. The number of anilines is 2. The zero-order chi connectivity index (χ0) is 32.5. The molecule has 3 aromatic carbocycles. The number of nitrogens with one attached hydrogen (secondary N) is 1. The lowest BCUT2D eigenvalue weighted by molar-refractivity contribution is -0.385. The van der Waals surface area contributed by atoms with Crippen molar-refractivity contribution in [2.24, 2.45) is 4.99 Å².